The maximum Gasteiger partial charge on any atom is 0.262 e. The van der Waals surface area contributed by atoms with Crippen LogP contribution < -0.4 is 11.5 Å². The quantitative estimate of drug-likeness (QED) is 0.258. The average Bonchev–Trinajstić information content (AvgIpc) is 3.22. The van der Waals surface area contributed by atoms with Gasteiger partial charge in [0.1, 0.15) is 30.2 Å². The third-order valence-corrected chi connectivity index (χ3v) is 5.20. The molecule has 0 aromatic carbocycles. The molecular weight excluding hydrogens is 390 g/mol. The number of carbonyl (C=O) groups is 1. The molecule has 1 fully saturated rings. The molecule has 3 rings (SSSR count). The van der Waals surface area contributed by atoms with E-state index in [0.29, 0.717) is 28.4 Å². The number of hydrogen-bond acceptors (Lipinski definition) is 11. The minimum Gasteiger partial charge on any atom is -0.387 e. The number of imidazole rings is 1. The van der Waals surface area contributed by atoms with Crippen LogP contribution in [0.2, 0.25) is 0 Å². The summed E-state index contributed by atoms with van der Waals surface area (Å²) in [6, 6.07) is -0.867. The number of aliphatic hydroxyl groups is 2. The van der Waals surface area contributed by atoms with E-state index in [2.05, 4.69) is 15.0 Å². The lowest BCUT2D eigenvalue weighted by Gasteiger charge is -2.23. The molecule has 28 heavy (non-hydrogen) atoms. The van der Waals surface area contributed by atoms with E-state index < -0.39 is 36.5 Å². The molecule has 7 N–H and O–H groups in total. The zero-order valence-electron chi connectivity index (χ0n) is 15.1. The fraction of sp³-hybridized carbons (Fsp3) is 0.600. The number of fused-ring (bicyclic) bond motifs is 1. The Hall–Kier alpha value is -2.03. The van der Waals surface area contributed by atoms with Crippen LogP contribution in [0.4, 0.5) is 5.82 Å². The van der Waals surface area contributed by atoms with Gasteiger partial charge in [-0.3, -0.25) is 14.6 Å². The summed E-state index contributed by atoms with van der Waals surface area (Å²) in [5, 5.41) is 31.2. The number of rotatable bonds is 7. The topological polar surface area (TPSA) is 186 Å². The number of nitrogens with zero attached hydrogens (tertiary/aromatic N) is 5. The Bertz CT molecular complexity index is 836. The van der Waals surface area contributed by atoms with Crippen molar-refractivity contribution in [2.45, 2.75) is 37.0 Å². The lowest BCUT2D eigenvalue weighted by atomic mass is 10.1. The molecule has 0 bridgehead atoms. The molecular formula is C15H23N7O5S. The van der Waals surface area contributed by atoms with Crippen LogP contribution in [0, 0.1) is 0 Å². The van der Waals surface area contributed by atoms with Gasteiger partial charge in [0.2, 0.25) is 0 Å². The predicted molar refractivity (Wildman–Crippen MR) is 100 cm³/mol. The molecule has 1 aliphatic heterocycles. The molecule has 154 valence electrons. The van der Waals surface area contributed by atoms with Crippen molar-refractivity contribution in [3.8, 4) is 0 Å². The molecule has 13 heteroatoms. The molecule has 1 amide bonds. The van der Waals surface area contributed by atoms with Gasteiger partial charge in [0.25, 0.3) is 5.91 Å². The Morgan fingerprint density at radius 1 is 1.39 bits per heavy atom. The van der Waals surface area contributed by atoms with Crippen LogP contribution in [0.1, 0.15) is 12.6 Å². The summed E-state index contributed by atoms with van der Waals surface area (Å²) in [7, 11) is 0. The van der Waals surface area contributed by atoms with E-state index >= 15 is 0 Å². The third-order valence-electron chi connectivity index (χ3n) is 4.56. The van der Waals surface area contributed by atoms with Crippen molar-refractivity contribution in [1.29, 1.82) is 0 Å². The highest BCUT2D eigenvalue weighted by molar-refractivity contribution is 7.98. The number of ether oxygens (including phenoxy) is 1. The molecule has 1 saturated heterocycles. The van der Waals surface area contributed by atoms with Crippen molar-refractivity contribution >= 4 is 34.7 Å². The number of anilines is 1. The summed E-state index contributed by atoms with van der Waals surface area (Å²) >= 11 is 1.54. The van der Waals surface area contributed by atoms with Gasteiger partial charge in [0, 0.05) is 0 Å². The van der Waals surface area contributed by atoms with Gasteiger partial charge in [-0.15, -0.1) is 0 Å². The van der Waals surface area contributed by atoms with Gasteiger partial charge in [-0.25, -0.2) is 20.0 Å². The van der Waals surface area contributed by atoms with Crippen molar-refractivity contribution in [2.75, 3.05) is 24.3 Å². The minimum atomic E-state index is -1.36. The van der Waals surface area contributed by atoms with Gasteiger partial charge in [-0.2, -0.15) is 11.8 Å². The normalized spacial score (nSPS) is 25.9. The molecule has 2 aromatic heterocycles. The summed E-state index contributed by atoms with van der Waals surface area (Å²) < 4.78 is 7.09. The molecule has 0 radical (unpaired) electrons. The van der Waals surface area contributed by atoms with Crippen molar-refractivity contribution in [1.82, 2.24) is 24.6 Å². The van der Waals surface area contributed by atoms with Crippen LogP contribution in [0.15, 0.2) is 12.7 Å². The molecule has 12 nitrogen and oxygen atoms in total. The molecule has 0 saturated carbocycles. The van der Waals surface area contributed by atoms with E-state index in [4.69, 9.17) is 16.2 Å². The monoisotopic (exact) mass is 413 g/mol. The summed E-state index contributed by atoms with van der Waals surface area (Å²) in [5.41, 5.74) is 12.2. The van der Waals surface area contributed by atoms with Gasteiger partial charge >= 0.3 is 0 Å². The zero-order chi connectivity index (χ0) is 20.4. The number of hydrogen-bond donors (Lipinski definition) is 5. The van der Waals surface area contributed by atoms with Gasteiger partial charge in [0.05, 0.1) is 18.9 Å². The highest BCUT2D eigenvalue weighted by atomic mass is 32.2. The first-order valence-electron chi connectivity index (χ1n) is 8.54. The van der Waals surface area contributed by atoms with E-state index in [1.165, 1.54) is 29.0 Å². The van der Waals surface area contributed by atoms with Gasteiger partial charge < -0.3 is 26.4 Å². The Balaban J connectivity index is 1.72. The van der Waals surface area contributed by atoms with Gasteiger partial charge in [-0.1, -0.05) is 0 Å². The molecule has 3 heterocycles. The number of hydroxylamine groups is 2. The van der Waals surface area contributed by atoms with E-state index in [9.17, 15) is 20.2 Å². The van der Waals surface area contributed by atoms with E-state index in [0.717, 1.165) is 0 Å². The average molecular weight is 413 g/mol. The molecule has 0 unspecified atom stereocenters. The minimum absolute atomic E-state index is 0.166. The molecule has 1 aliphatic rings. The second-order valence-electron chi connectivity index (χ2n) is 6.44. The van der Waals surface area contributed by atoms with Gasteiger partial charge in [0.15, 0.2) is 17.7 Å². The maximum absolute atomic E-state index is 12.1. The van der Waals surface area contributed by atoms with Crippen LogP contribution in [0.5, 0.6) is 0 Å². The number of nitrogen functional groups attached to an aromatic ring is 1. The highest BCUT2D eigenvalue weighted by Crippen LogP contribution is 2.32. The summed E-state index contributed by atoms with van der Waals surface area (Å²) in [5.74, 6) is 0.152. The number of thioether (sulfide) groups is 1. The van der Waals surface area contributed by atoms with E-state index in [1.807, 2.05) is 6.26 Å². The van der Waals surface area contributed by atoms with Crippen molar-refractivity contribution in [2.24, 2.45) is 5.73 Å². The Labute approximate surface area is 164 Å². The fourth-order valence-electron chi connectivity index (χ4n) is 2.99. The van der Waals surface area contributed by atoms with E-state index in [1.54, 1.807) is 0 Å². The second-order valence-corrected chi connectivity index (χ2v) is 7.42. The second kappa shape index (κ2) is 8.55. The first-order valence-corrected chi connectivity index (χ1v) is 9.94. The number of carbonyl (C=O) groups excluding carboxylic acids is 1. The lowest BCUT2D eigenvalue weighted by molar-refractivity contribution is -0.177. The first kappa shape index (κ1) is 20.7. The van der Waals surface area contributed by atoms with Crippen molar-refractivity contribution in [3.05, 3.63) is 12.7 Å². The SMILES string of the molecule is CSCC[C@H](N)C(=O)N(O)C[C@H]1O[C@@H](n2cnc3c(N)ncnc32)[C@H](O)[C@@H]1O. The van der Waals surface area contributed by atoms with Crippen LogP contribution in [0.3, 0.4) is 0 Å². The van der Waals surface area contributed by atoms with Crippen LogP contribution in [0.25, 0.3) is 11.2 Å². The summed E-state index contributed by atoms with van der Waals surface area (Å²) in [6.07, 6.45) is 0.119. The largest absolute Gasteiger partial charge is 0.387 e. The molecule has 0 aliphatic carbocycles. The first-order chi connectivity index (χ1) is 13.3. The number of nitrogens with two attached hydrogens (primary N) is 2. The standard InChI is InChI=1S/C15H23N7O5S/c1-28-3-2-7(16)14(25)22(26)4-8-10(23)11(24)15(27-8)21-6-20-9-12(17)18-5-19-13(9)21/h5-8,10-11,15,23-24,26H,2-4,16H2,1H3,(H2,17,18,19)/t7-,8+,10+,11+,15+/m0/s1. The highest BCUT2D eigenvalue weighted by Gasteiger charge is 2.45. The zero-order valence-corrected chi connectivity index (χ0v) is 15.9. The van der Waals surface area contributed by atoms with Crippen molar-refractivity contribution < 1.29 is 25.0 Å². The van der Waals surface area contributed by atoms with E-state index in [-0.39, 0.29) is 12.4 Å². The molecule has 5 atom stereocenters. The van der Waals surface area contributed by atoms with Gasteiger partial charge in [-0.05, 0) is 18.4 Å². The summed E-state index contributed by atoms with van der Waals surface area (Å²) in [4.78, 5) is 24.2. The number of amides is 1. The third kappa shape index (κ3) is 3.90. The maximum atomic E-state index is 12.1. The Kier molecular flexibility index (Phi) is 6.32. The fourth-order valence-corrected chi connectivity index (χ4v) is 3.48. The van der Waals surface area contributed by atoms with Crippen LogP contribution in [-0.2, 0) is 9.53 Å². The predicted octanol–water partition coefficient (Wildman–Crippen LogP) is -1.67. The smallest absolute Gasteiger partial charge is 0.262 e. The Morgan fingerprint density at radius 2 is 2.14 bits per heavy atom. The van der Waals surface area contributed by atoms with Crippen LogP contribution >= 0.6 is 11.8 Å². The number of aliphatic hydroxyl groups excluding tert-OH is 2. The summed E-state index contributed by atoms with van der Waals surface area (Å²) in [6.45, 7) is -0.357. The Morgan fingerprint density at radius 3 is 2.86 bits per heavy atom. The number of aromatic nitrogens is 4. The molecule has 2 aromatic rings. The molecule has 0 spiro atoms. The van der Waals surface area contributed by atoms with Crippen molar-refractivity contribution in [3.63, 3.8) is 0 Å². The van der Waals surface area contributed by atoms with Crippen LogP contribution in [-0.4, -0.2) is 88.8 Å². The lowest BCUT2D eigenvalue weighted by Crippen LogP contribution is -2.47.